The van der Waals surface area contributed by atoms with Crippen molar-refractivity contribution in [1.82, 2.24) is 9.29 Å². The van der Waals surface area contributed by atoms with Gasteiger partial charge in [-0.3, -0.25) is 4.98 Å². The minimum Gasteiger partial charge on any atom is -0.261 e. The van der Waals surface area contributed by atoms with Crippen LogP contribution in [0.5, 0.6) is 0 Å². The van der Waals surface area contributed by atoms with E-state index >= 15 is 0 Å². The third kappa shape index (κ3) is 3.56. The molecule has 20 heavy (non-hydrogen) atoms. The van der Waals surface area contributed by atoms with Crippen LogP contribution in [0.2, 0.25) is 0 Å². The van der Waals surface area contributed by atoms with Crippen molar-refractivity contribution in [2.45, 2.75) is 32.1 Å². The maximum Gasteiger partial charge on any atom is 0.214 e. The Labute approximate surface area is 120 Å². The van der Waals surface area contributed by atoms with Crippen molar-refractivity contribution < 1.29 is 8.42 Å². The van der Waals surface area contributed by atoms with Gasteiger partial charge < -0.3 is 0 Å². The highest BCUT2D eigenvalue weighted by Crippen LogP contribution is 2.28. The van der Waals surface area contributed by atoms with Gasteiger partial charge >= 0.3 is 0 Å². The molecule has 0 aromatic carbocycles. The van der Waals surface area contributed by atoms with E-state index in [4.69, 9.17) is 5.26 Å². The van der Waals surface area contributed by atoms with Crippen LogP contribution < -0.4 is 0 Å². The van der Waals surface area contributed by atoms with E-state index in [0.29, 0.717) is 19.5 Å². The summed E-state index contributed by atoms with van der Waals surface area (Å²) < 4.78 is 25.8. The molecular weight excluding hydrogens is 274 g/mol. The molecule has 1 aliphatic heterocycles. The topological polar surface area (TPSA) is 74.1 Å². The average molecular weight is 293 g/mol. The summed E-state index contributed by atoms with van der Waals surface area (Å²) in [6.45, 7) is 3.07. The molecule has 1 fully saturated rings. The van der Waals surface area contributed by atoms with Gasteiger partial charge in [0.15, 0.2) is 0 Å². The Hall–Kier alpha value is -1.45. The summed E-state index contributed by atoms with van der Waals surface area (Å²) in [6, 6.07) is 5.94. The zero-order valence-electron chi connectivity index (χ0n) is 11.6. The Morgan fingerprint density at radius 1 is 1.55 bits per heavy atom. The van der Waals surface area contributed by atoms with E-state index in [-0.39, 0.29) is 18.1 Å². The van der Waals surface area contributed by atoms with Gasteiger partial charge in [0.1, 0.15) is 0 Å². The lowest BCUT2D eigenvalue weighted by molar-refractivity contribution is 0.471. The standard InChI is InChI=1S/C14H19N3O2S/c1-12-4-7-16-14(10-12)13-5-8-17(11-13)20(18,19)9-3-2-6-15/h4,7,10,13H,2-3,5,8-9,11H2,1H3/t13-/m1/s1. The number of nitriles is 1. The summed E-state index contributed by atoms with van der Waals surface area (Å²) in [5.41, 5.74) is 2.12. The first-order valence-corrected chi connectivity index (χ1v) is 8.41. The summed E-state index contributed by atoms with van der Waals surface area (Å²) in [6.07, 6.45) is 3.28. The van der Waals surface area contributed by atoms with Crippen LogP contribution in [0.15, 0.2) is 18.3 Å². The molecular formula is C14H19N3O2S. The first-order chi connectivity index (χ1) is 9.53. The van der Waals surface area contributed by atoms with Gasteiger partial charge in [0.2, 0.25) is 10.0 Å². The van der Waals surface area contributed by atoms with Crippen molar-refractivity contribution in [2.75, 3.05) is 18.8 Å². The molecule has 108 valence electrons. The van der Waals surface area contributed by atoms with E-state index in [2.05, 4.69) is 4.98 Å². The minimum atomic E-state index is -3.23. The second kappa shape index (κ2) is 6.33. The molecule has 0 N–H and O–H groups in total. The van der Waals surface area contributed by atoms with Crippen LogP contribution in [0.3, 0.4) is 0 Å². The smallest absolute Gasteiger partial charge is 0.214 e. The molecule has 0 aliphatic carbocycles. The molecule has 0 spiro atoms. The van der Waals surface area contributed by atoms with Crippen LogP contribution >= 0.6 is 0 Å². The Kier molecular flexibility index (Phi) is 4.73. The summed E-state index contributed by atoms with van der Waals surface area (Å²) in [5.74, 6) is 0.245. The molecule has 1 aromatic heterocycles. The summed E-state index contributed by atoms with van der Waals surface area (Å²) in [5, 5.41) is 8.48. The molecule has 6 heteroatoms. The Morgan fingerprint density at radius 3 is 3.05 bits per heavy atom. The van der Waals surface area contributed by atoms with Crippen LogP contribution in [0.25, 0.3) is 0 Å². The van der Waals surface area contributed by atoms with Crippen molar-refractivity contribution in [2.24, 2.45) is 0 Å². The van der Waals surface area contributed by atoms with Crippen LogP contribution in [0.4, 0.5) is 0 Å². The number of aromatic nitrogens is 1. The first-order valence-electron chi connectivity index (χ1n) is 6.80. The molecule has 5 nitrogen and oxygen atoms in total. The second-order valence-corrected chi connectivity index (χ2v) is 7.27. The van der Waals surface area contributed by atoms with Crippen LogP contribution in [-0.2, 0) is 10.0 Å². The highest BCUT2D eigenvalue weighted by atomic mass is 32.2. The molecule has 0 radical (unpaired) electrons. The Bertz CT molecular complexity index is 607. The fraction of sp³-hybridized carbons (Fsp3) is 0.571. The maximum absolute atomic E-state index is 12.1. The van der Waals surface area contributed by atoms with Crippen LogP contribution in [0.1, 0.15) is 36.4 Å². The number of sulfonamides is 1. The van der Waals surface area contributed by atoms with E-state index in [1.165, 1.54) is 0 Å². The zero-order valence-corrected chi connectivity index (χ0v) is 12.4. The van der Waals surface area contributed by atoms with Gasteiger partial charge in [0.25, 0.3) is 0 Å². The van der Waals surface area contributed by atoms with Crippen LogP contribution in [0, 0.1) is 18.3 Å². The fourth-order valence-electron chi connectivity index (χ4n) is 2.47. The molecule has 1 saturated heterocycles. The van der Waals surface area contributed by atoms with Gasteiger partial charge in [-0.15, -0.1) is 0 Å². The molecule has 2 rings (SSSR count). The van der Waals surface area contributed by atoms with E-state index < -0.39 is 10.0 Å². The van der Waals surface area contributed by atoms with Gasteiger partial charge in [-0.05, 0) is 37.5 Å². The average Bonchev–Trinajstić information content (AvgIpc) is 2.89. The molecule has 0 saturated carbocycles. The van der Waals surface area contributed by atoms with Gasteiger partial charge in [-0.1, -0.05) is 0 Å². The van der Waals surface area contributed by atoms with Gasteiger partial charge in [0, 0.05) is 37.3 Å². The predicted octanol–water partition coefficient (Wildman–Crippen LogP) is 1.81. The third-order valence-corrected chi connectivity index (χ3v) is 5.51. The second-order valence-electron chi connectivity index (χ2n) is 5.18. The highest BCUT2D eigenvalue weighted by Gasteiger charge is 2.32. The number of hydrogen-bond donors (Lipinski definition) is 0. The summed E-state index contributed by atoms with van der Waals surface area (Å²) in [7, 11) is -3.23. The molecule has 0 amide bonds. The predicted molar refractivity (Wildman–Crippen MR) is 76.5 cm³/mol. The van der Waals surface area contributed by atoms with Crippen molar-refractivity contribution >= 4 is 10.0 Å². The summed E-state index contributed by atoms with van der Waals surface area (Å²) >= 11 is 0. The normalized spacial score (nSPS) is 19.9. The summed E-state index contributed by atoms with van der Waals surface area (Å²) in [4.78, 5) is 4.35. The number of rotatable bonds is 5. The first kappa shape index (κ1) is 14.9. The lowest BCUT2D eigenvalue weighted by Gasteiger charge is -2.16. The zero-order chi connectivity index (χ0) is 14.6. The van der Waals surface area contributed by atoms with Crippen molar-refractivity contribution in [3.05, 3.63) is 29.6 Å². The maximum atomic E-state index is 12.1. The molecule has 0 bridgehead atoms. The lowest BCUT2D eigenvalue weighted by atomic mass is 10.0. The number of unbranched alkanes of at least 4 members (excludes halogenated alkanes) is 1. The Morgan fingerprint density at radius 2 is 2.35 bits per heavy atom. The molecule has 1 atom stereocenters. The molecule has 2 heterocycles. The monoisotopic (exact) mass is 293 g/mol. The molecule has 1 aliphatic rings. The fourth-order valence-corrected chi connectivity index (χ4v) is 4.03. The van der Waals surface area contributed by atoms with E-state index in [9.17, 15) is 8.42 Å². The van der Waals surface area contributed by atoms with Crippen LogP contribution in [-0.4, -0.2) is 36.5 Å². The minimum absolute atomic E-state index is 0.0640. The van der Waals surface area contributed by atoms with Crippen molar-refractivity contribution in [3.8, 4) is 6.07 Å². The van der Waals surface area contributed by atoms with E-state index in [1.807, 2.05) is 25.1 Å². The number of hydrogen-bond acceptors (Lipinski definition) is 4. The third-order valence-electron chi connectivity index (χ3n) is 3.59. The lowest BCUT2D eigenvalue weighted by Crippen LogP contribution is -2.30. The largest absolute Gasteiger partial charge is 0.261 e. The quantitative estimate of drug-likeness (QED) is 0.776. The SMILES string of the molecule is Cc1ccnc([C@@H]2CCN(S(=O)(=O)CCCC#N)C2)c1. The number of nitrogens with zero attached hydrogens (tertiary/aromatic N) is 3. The molecule has 1 aromatic rings. The number of aryl methyl sites for hydroxylation is 1. The van der Waals surface area contributed by atoms with Gasteiger partial charge in [-0.2, -0.15) is 5.26 Å². The number of pyridine rings is 1. The molecule has 0 unspecified atom stereocenters. The van der Waals surface area contributed by atoms with Gasteiger partial charge in [0.05, 0.1) is 11.8 Å². The van der Waals surface area contributed by atoms with E-state index in [1.54, 1.807) is 10.5 Å². The highest BCUT2D eigenvalue weighted by molar-refractivity contribution is 7.89. The van der Waals surface area contributed by atoms with Gasteiger partial charge in [-0.25, -0.2) is 12.7 Å². The van der Waals surface area contributed by atoms with Crippen molar-refractivity contribution in [3.63, 3.8) is 0 Å². The Balaban J connectivity index is 2.00. The van der Waals surface area contributed by atoms with E-state index in [0.717, 1.165) is 17.7 Å². The van der Waals surface area contributed by atoms with Crippen molar-refractivity contribution in [1.29, 1.82) is 5.26 Å².